The first-order chi connectivity index (χ1) is 35.2. The summed E-state index contributed by atoms with van der Waals surface area (Å²) in [6, 6.07) is 79.9. The summed E-state index contributed by atoms with van der Waals surface area (Å²) >= 11 is 0. The van der Waals surface area contributed by atoms with Gasteiger partial charge in [0.2, 0.25) is 0 Å². The van der Waals surface area contributed by atoms with Crippen molar-refractivity contribution in [1.82, 2.24) is 39.5 Å². The highest BCUT2D eigenvalue weighted by molar-refractivity contribution is 5.84. The predicted molar refractivity (Wildman–Crippen MR) is 281 cm³/mol. The number of hydrogen-bond donors (Lipinski definition) is 0. The third kappa shape index (κ3) is 6.95. The Kier molecular flexibility index (Phi) is 9.48. The van der Waals surface area contributed by atoms with Gasteiger partial charge in [0, 0.05) is 56.5 Å². The molecule has 9 aromatic carbocycles. The molecular formula is C63H40N8. The average molecular weight is 909 g/mol. The van der Waals surface area contributed by atoms with Crippen LogP contribution in [0.3, 0.4) is 0 Å². The van der Waals surface area contributed by atoms with E-state index in [-0.39, 0.29) is 11.8 Å². The van der Waals surface area contributed by atoms with Crippen LogP contribution < -0.4 is 0 Å². The summed E-state index contributed by atoms with van der Waals surface area (Å²) in [5.41, 5.74) is 17.4. The minimum atomic E-state index is 0.0101. The molecule has 0 spiro atoms. The highest BCUT2D eigenvalue weighted by Crippen LogP contribution is 2.56. The molecule has 0 amide bonds. The number of imidazole rings is 1. The van der Waals surface area contributed by atoms with Crippen LogP contribution >= 0.6 is 0 Å². The molecule has 0 aliphatic heterocycles. The van der Waals surface area contributed by atoms with Crippen LogP contribution in [-0.2, 0) is 0 Å². The van der Waals surface area contributed by atoms with Crippen molar-refractivity contribution in [3.8, 4) is 85.4 Å². The van der Waals surface area contributed by atoms with E-state index in [9.17, 15) is 0 Å². The third-order valence-corrected chi connectivity index (χ3v) is 13.9. The van der Waals surface area contributed by atoms with Crippen molar-refractivity contribution < 1.29 is 0 Å². The first-order valence-electron chi connectivity index (χ1n) is 23.9. The fourth-order valence-corrected chi connectivity index (χ4v) is 10.6. The maximum absolute atomic E-state index is 5.24. The number of rotatable bonds is 8. The zero-order valence-electron chi connectivity index (χ0n) is 38.2. The molecule has 12 aromatic rings. The highest BCUT2D eigenvalue weighted by Gasteiger charge is 2.41. The molecule has 3 heterocycles. The van der Waals surface area contributed by atoms with Gasteiger partial charge < -0.3 is 0 Å². The van der Waals surface area contributed by atoms with Crippen molar-refractivity contribution in [2.45, 2.75) is 11.8 Å². The van der Waals surface area contributed by atoms with Gasteiger partial charge in [-0.1, -0.05) is 194 Å². The summed E-state index contributed by atoms with van der Waals surface area (Å²) < 4.78 is 2.22. The SMILES string of the molecule is c1ccc(-c2nc(-c3ccccc3)nc(-c3ccc4c(c3)C3c5ccccc5C4c4cc(-c5nc(-c6ccccc6)nc(-c6ccc(-c7nc8ccccc8n7-c7ccccc7)cc6)n5)ccc43)n2)cc1. The van der Waals surface area contributed by atoms with Crippen LogP contribution in [0.2, 0.25) is 0 Å². The second-order valence-corrected chi connectivity index (χ2v) is 18.1. The monoisotopic (exact) mass is 908 g/mol. The second kappa shape index (κ2) is 16.6. The van der Waals surface area contributed by atoms with Gasteiger partial charge in [-0.2, -0.15) is 0 Å². The topological polar surface area (TPSA) is 95.2 Å². The minimum absolute atomic E-state index is 0.0101. The lowest BCUT2D eigenvalue weighted by Crippen LogP contribution is -2.27. The van der Waals surface area contributed by atoms with Gasteiger partial charge in [-0.05, 0) is 69.8 Å². The summed E-state index contributed by atoms with van der Waals surface area (Å²) in [5.74, 6) is 4.67. The van der Waals surface area contributed by atoms with Crippen molar-refractivity contribution in [2.75, 3.05) is 0 Å². The Morgan fingerprint density at radius 2 is 0.592 bits per heavy atom. The molecule has 0 radical (unpaired) electrons. The molecule has 2 unspecified atom stereocenters. The molecule has 332 valence electrons. The quantitative estimate of drug-likeness (QED) is 0.150. The Morgan fingerprint density at radius 1 is 0.254 bits per heavy atom. The van der Waals surface area contributed by atoms with Gasteiger partial charge >= 0.3 is 0 Å². The summed E-state index contributed by atoms with van der Waals surface area (Å²) in [4.78, 5) is 35.8. The molecule has 0 saturated carbocycles. The van der Waals surface area contributed by atoms with Crippen molar-refractivity contribution in [3.63, 3.8) is 0 Å². The molecular weight excluding hydrogens is 869 g/mol. The molecule has 3 aliphatic rings. The van der Waals surface area contributed by atoms with Crippen molar-refractivity contribution in [3.05, 3.63) is 264 Å². The molecule has 2 atom stereocenters. The normalized spacial score (nSPS) is 14.2. The zero-order chi connectivity index (χ0) is 46.8. The van der Waals surface area contributed by atoms with E-state index >= 15 is 0 Å². The highest BCUT2D eigenvalue weighted by atomic mass is 15.1. The van der Waals surface area contributed by atoms with E-state index in [0.717, 1.165) is 61.5 Å². The average Bonchev–Trinajstić information content (AvgIpc) is 3.85. The lowest BCUT2D eigenvalue weighted by molar-refractivity contribution is 0.754. The van der Waals surface area contributed by atoms with Crippen LogP contribution in [0.5, 0.6) is 0 Å². The Labute approximate surface area is 409 Å². The Bertz CT molecular complexity index is 3930. The Balaban J connectivity index is 0.862. The summed E-state index contributed by atoms with van der Waals surface area (Å²) in [6.45, 7) is 0. The van der Waals surface area contributed by atoms with Gasteiger partial charge in [-0.25, -0.2) is 34.9 Å². The van der Waals surface area contributed by atoms with Crippen LogP contribution in [0.1, 0.15) is 45.2 Å². The van der Waals surface area contributed by atoms with E-state index in [1.807, 2.05) is 91.0 Å². The minimum Gasteiger partial charge on any atom is -0.292 e. The maximum Gasteiger partial charge on any atom is 0.164 e. The lowest BCUT2D eigenvalue weighted by atomic mass is 9.61. The Hall–Kier alpha value is -9.53. The number of benzene rings is 9. The van der Waals surface area contributed by atoms with Gasteiger partial charge in [-0.3, -0.25) is 4.57 Å². The number of para-hydroxylation sites is 3. The molecule has 0 fully saturated rings. The smallest absolute Gasteiger partial charge is 0.164 e. The van der Waals surface area contributed by atoms with E-state index in [2.05, 4.69) is 144 Å². The van der Waals surface area contributed by atoms with E-state index in [0.29, 0.717) is 34.9 Å². The van der Waals surface area contributed by atoms with Gasteiger partial charge in [-0.15, -0.1) is 0 Å². The standard InChI is InChI=1S/C63H40N8/c1-5-17-39(18-6-1)57-65-58(40-19-7-2-8-20-40)68-61(67-57)44-33-35-49-51(37-44)55-47-25-13-14-26-48(47)56(49)52-38-45(34-36-50(52)55)62-69-59(41-21-9-3-10-22-41)66-60(70-62)42-29-31-43(32-30-42)63-64-53-27-15-16-28-54(53)71(63)46-23-11-4-12-24-46/h1-38,55-56H. The second-order valence-electron chi connectivity index (χ2n) is 18.1. The van der Waals surface area contributed by atoms with Crippen LogP contribution in [0.4, 0.5) is 0 Å². The van der Waals surface area contributed by atoms with Crippen molar-refractivity contribution >= 4 is 11.0 Å². The van der Waals surface area contributed by atoms with Crippen LogP contribution in [0.25, 0.3) is 96.4 Å². The van der Waals surface area contributed by atoms with Crippen molar-refractivity contribution in [2.24, 2.45) is 0 Å². The van der Waals surface area contributed by atoms with Gasteiger partial charge in [0.25, 0.3) is 0 Å². The van der Waals surface area contributed by atoms with Gasteiger partial charge in [0.15, 0.2) is 34.9 Å². The molecule has 2 bridgehead atoms. The molecule has 8 heteroatoms. The fraction of sp³-hybridized carbons (Fsp3) is 0.0317. The molecule has 71 heavy (non-hydrogen) atoms. The van der Waals surface area contributed by atoms with Crippen LogP contribution in [0, 0.1) is 0 Å². The largest absolute Gasteiger partial charge is 0.292 e. The lowest BCUT2D eigenvalue weighted by Gasteiger charge is -2.42. The first-order valence-corrected chi connectivity index (χ1v) is 23.9. The summed E-state index contributed by atoms with van der Waals surface area (Å²) in [5, 5.41) is 0. The predicted octanol–water partition coefficient (Wildman–Crippen LogP) is 14.1. The molecule has 0 saturated heterocycles. The van der Waals surface area contributed by atoms with Crippen LogP contribution in [0.15, 0.2) is 231 Å². The maximum atomic E-state index is 5.24. The van der Waals surface area contributed by atoms with E-state index in [1.165, 1.54) is 33.4 Å². The molecule has 15 rings (SSSR count). The Morgan fingerprint density at radius 3 is 1.06 bits per heavy atom. The number of aromatic nitrogens is 8. The fourth-order valence-electron chi connectivity index (χ4n) is 10.6. The van der Waals surface area contributed by atoms with Gasteiger partial charge in [0.05, 0.1) is 11.0 Å². The van der Waals surface area contributed by atoms with Crippen LogP contribution in [-0.4, -0.2) is 39.5 Å². The van der Waals surface area contributed by atoms with E-state index < -0.39 is 0 Å². The van der Waals surface area contributed by atoms with E-state index in [4.69, 9.17) is 34.9 Å². The van der Waals surface area contributed by atoms with Gasteiger partial charge in [0.1, 0.15) is 5.82 Å². The van der Waals surface area contributed by atoms with E-state index in [1.54, 1.807) is 0 Å². The number of hydrogen-bond acceptors (Lipinski definition) is 7. The summed E-state index contributed by atoms with van der Waals surface area (Å²) in [6.07, 6.45) is 0. The summed E-state index contributed by atoms with van der Waals surface area (Å²) in [7, 11) is 0. The number of nitrogens with zero attached hydrogens (tertiary/aromatic N) is 8. The molecule has 3 aromatic heterocycles. The molecule has 8 nitrogen and oxygen atoms in total. The molecule has 0 N–H and O–H groups in total. The first kappa shape index (κ1) is 40.5. The molecule has 3 aliphatic carbocycles. The van der Waals surface area contributed by atoms with Crippen molar-refractivity contribution in [1.29, 1.82) is 0 Å². The third-order valence-electron chi connectivity index (χ3n) is 13.9. The zero-order valence-corrected chi connectivity index (χ0v) is 38.2. The number of fused-ring (bicyclic) bond motifs is 1.